The molecular formula is C20H16INO4. The maximum absolute atomic E-state index is 12.4. The molecular weight excluding hydrogens is 445 g/mol. The smallest absolute Gasteiger partial charge is 0.342 e. The van der Waals surface area contributed by atoms with E-state index < -0.39 is 11.9 Å². The molecule has 0 bridgehead atoms. The number of fused-ring (bicyclic) bond motifs is 1. The van der Waals surface area contributed by atoms with Gasteiger partial charge in [0.25, 0.3) is 5.91 Å². The second-order valence-corrected chi connectivity index (χ2v) is 6.78. The molecule has 3 aromatic carbocycles. The fraction of sp³-hybridized carbons (Fsp3) is 0.100. The molecule has 0 aromatic heterocycles. The summed E-state index contributed by atoms with van der Waals surface area (Å²) in [7, 11) is 1.49. The van der Waals surface area contributed by atoms with Gasteiger partial charge < -0.3 is 14.8 Å². The summed E-state index contributed by atoms with van der Waals surface area (Å²) < 4.78 is 11.5. The van der Waals surface area contributed by atoms with Gasteiger partial charge in [0, 0.05) is 9.26 Å². The van der Waals surface area contributed by atoms with E-state index in [0.717, 1.165) is 14.3 Å². The minimum absolute atomic E-state index is 0.285. The van der Waals surface area contributed by atoms with Gasteiger partial charge in [-0.1, -0.05) is 24.3 Å². The molecule has 132 valence electrons. The Morgan fingerprint density at radius 1 is 1.00 bits per heavy atom. The monoisotopic (exact) mass is 461 g/mol. The summed E-state index contributed by atoms with van der Waals surface area (Å²) in [6, 6.07) is 18.4. The van der Waals surface area contributed by atoms with Crippen molar-refractivity contribution in [2.75, 3.05) is 19.0 Å². The number of benzene rings is 3. The van der Waals surface area contributed by atoms with Crippen LogP contribution >= 0.6 is 22.6 Å². The third-order valence-corrected chi connectivity index (χ3v) is 4.47. The van der Waals surface area contributed by atoms with Gasteiger partial charge in [-0.2, -0.15) is 0 Å². The minimum Gasteiger partial charge on any atom is -0.496 e. The molecule has 3 aromatic rings. The van der Waals surface area contributed by atoms with Crippen LogP contribution in [0.15, 0.2) is 60.7 Å². The second-order valence-electron chi connectivity index (χ2n) is 5.53. The normalized spacial score (nSPS) is 10.4. The van der Waals surface area contributed by atoms with E-state index in [9.17, 15) is 9.59 Å². The van der Waals surface area contributed by atoms with Crippen molar-refractivity contribution in [3.63, 3.8) is 0 Å². The van der Waals surface area contributed by atoms with Crippen molar-refractivity contribution in [3.05, 3.63) is 69.8 Å². The number of ether oxygens (including phenoxy) is 2. The highest BCUT2D eigenvalue weighted by Gasteiger charge is 2.16. The Hall–Kier alpha value is -2.61. The largest absolute Gasteiger partial charge is 0.496 e. The van der Waals surface area contributed by atoms with Gasteiger partial charge in [0.2, 0.25) is 0 Å². The second kappa shape index (κ2) is 8.18. The number of amides is 1. The summed E-state index contributed by atoms with van der Waals surface area (Å²) in [5.41, 5.74) is 0.933. The molecule has 0 heterocycles. The molecule has 0 aliphatic rings. The van der Waals surface area contributed by atoms with E-state index in [4.69, 9.17) is 9.47 Å². The molecule has 1 amide bonds. The van der Waals surface area contributed by atoms with E-state index in [0.29, 0.717) is 11.4 Å². The molecule has 0 fully saturated rings. The zero-order valence-corrected chi connectivity index (χ0v) is 16.1. The van der Waals surface area contributed by atoms with E-state index in [1.165, 1.54) is 7.11 Å². The number of halogens is 1. The predicted molar refractivity (Wildman–Crippen MR) is 109 cm³/mol. The number of hydrogen-bond acceptors (Lipinski definition) is 4. The average Bonchev–Trinajstić information content (AvgIpc) is 2.66. The highest BCUT2D eigenvalue weighted by molar-refractivity contribution is 14.1. The van der Waals surface area contributed by atoms with Crippen LogP contribution in [0.1, 0.15) is 10.4 Å². The first-order chi connectivity index (χ1) is 12.6. The van der Waals surface area contributed by atoms with Gasteiger partial charge in [0.15, 0.2) is 6.61 Å². The van der Waals surface area contributed by atoms with E-state index in [1.807, 2.05) is 36.4 Å². The van der Waals surface area contributed by atoms with Crippen LogP contribution in [0.3, 0.4) is 0 Å². The number of anilines is 1. The molecule has 1 N–H and O–H groups in total. The Kier molecular flexibility index (Phi) is 5.72. The van der Waals surface area contributed by atoms with Gasteiger partial charge >= 0.3 is 5.97 Å². The Morgan fingerprint density at radius 3 is 2.31 bits per heavy atom. The van der Waals surface area contributed by atoms with Gasteiger partial charge in [0.1, 0.15) is 11.3 Å². The number of methoxy groups -OCH3 is 1. The van der Waals surface area contributed by atoms with E-state index in [1.54, 1.807) is 24.3 Å². The quantitative estimate of drug-likeness (QED) is 0.456. The van der Waals surface area contributed by atoms with E-state index >= 15 is 0 Å². The molecule has 0 unspecified atom stereocenters. The topological polar surface area (TPSA) is 64.6 Å². The van der Waals surface area contributed by atoms with Crippen LogP contribution in [0.2, 0.25) is 0 Å². The van der Waals surface area contributed by atoms with Crippen molar-refractivity contribution in [3.8, 4) is 5.75 Å². The highest BCUT2D eigenvalue weighted by Crippen LogP contribution is 2.26. The number of rotatable bonds is 5. The van der Waals surface area contributed by atoms with Gasteiger partial charge in [-0.3, -0.25) is 4.79 Å². The van der Waals surface area contributed by atoms with E-state index in [2.05, 4.69) is 27.9 Å². The zero-order chi connectivity index (χ0) is 18.5. The molecule has 5 nitrogen and oxygen atoms in total. The van der Waals surface area contributed by atoms with Crippen LogP contribution in [0, 0.1) is 3.57 Å². The number of esters is 1. The lowest BCUT2D eigenvalue weighted by atomic mass is 10.1. The van der Waals surface area contributed by atoms with Crippen molar-refractivity contribution in [1.29, 1.82) is 0 Å². The summed E-state index contributed by atoms with van der Waals surface area (Å²) in [5, 5.41) is 4.53. The van der Waals surface area contributed by atoms with Crippen molar-refractivity contribution in [1.82, 2.24) is 0 Å². The van der Waals surface area contributed by atoms with Gasteiger partial charge in [-0.25, -0.2) is 4.79 Å². The number of nitrogens with one attached hydrogen (secondary N) is 1. The lowest BCUT2D eigenvalue weighted by molar-refractivity contribution is -0.119. The van der Waals surface area contributed by atoms with Crippen molar-refractivity contribution >= 4 is 50.9 Å². The molecule has 0 aliphatic heterocycles. The molecule has 0 spiro atoms. The first-order valence-corrected chi connectivity index (χ1v) is 8.94. The van der Waals surface area contributed by atoms with Crippen LogP contribution in [0.5, 0.6) is 5.75 Å². The SMILES string of the molecule is COc1cc2ccccc2cc1C(=O)OCC(=O)Nc1ccc(I)cc1. The third kappa shape index (κ3) is 4.32. The first-order valence-electron chi connectivity index (χ1n) is 7.86. The fourth-order valence-electron chi connectivity index (χ4n) is 2.49. The zero-order valence-electron chi connectivity index (χ0n) is 14.0. The summed E-state index contributed by atoms with van der Waals surface area (Å²) >= 11 is 2.18. The summed E-state index contributed by atoms with van der Waals surface area (Å²) in [4.78, 5) is 24.4. The van der Waals surface area contributed by atoms with Gasteiger partial charge in [0.05, 0.1) is 7.11 Å². The fourth-order valence-corrected chi connectivity index (χ4v) is 2.85. The first kappa shape index (κ1) is 18.2. The van der Waals surface area contributed by atoms with E-state index in [-0.39, 0.29) is 12.2 Å². The number of hydrogen-bond donors (Lipinski definition) is 1. The standard InChI is InChI=1S/C20H16INO4/c1-25-18-11-14-5-3-2-4-13(14)10-17(18)20(24)26-12-19(23)22-16-8-6-15(21)7-9-16/h2-11H,12H2,1H3,(H,22,23). The minimum atomic E-state index is -0.606. The highest BCUT2D eigenvalue weighted by atomic mass is 127. The van der Waals surface area contributed by atoms with Gasteiger partial charge in [-0.15, -0.1) is 0 Å². The predicted octanol–water partition coefficient (Wildman–Crippen LogP) is 4.25. The molecule has 0 saturated heterocycles. The van der Waals surface area contributed by atoms with Crippen molar-refractivity contribution in [2.24, 2.45) is 0 Å². The molecule has 0 saturated carbocycles. The lowest BCUT2D eigenvalue weighted by Gasteiger charge is -2.11. The molecule has 0 aliphatic carbocycles. The third-order valence-electron chi connectivity index (χ3n) is 3.75. The van der Waals surface area contributed by atoms with Crippen LogP contribution in [0.4, 0.5) is 5.69 Å². The van der Waals surface area contributed by atoms with Gasteiger partial charge in [-0.05, 0) is 69.8 Å². The van der Waals surface area contributed by atoms with Crippen LogP contribution < -0.4 is 10.1 Å². The summed E-state index contributed by atoms with van der Waals surface area (Å²) in [6.45, 7) is -0.374. The van der Waals surface area contributed by atoms with Crippen molar-refractivity contribution in [2.45, 2.75) is 0 Å². The Labute approximate surface area is 164 Å². The van der Waals surface area contributed by atoms with Crippen LogP contribution in [-0.2, 0) is 9.53 Å². The summed E-state index contributed by atoms with van der Waals surface area (Å²) in [6.07, 6.45) is 0. The average molecular weight is 461 g/mol. The van der Waals surface area contributed by atoms with Crippen LogP contribution in [-0.4, -0.2) is 25.6 Å². The Bertz CT molecular complexity index is 954. The maximum Gasteiger partial charge on any atom is 0.342 e. The maximum atomic E-state index is 12.4. The molecule has 0 radical (unpaired) electrons. The molecule has 3 rings (SSSR count). The Morgan fingerprint density at radius 2 is 1.65 bits per heavy atom. The molecule has 6 heteroatoms. The van der Waals surface area contributed by atoms with Crippen molar-refractivity contribution < 1.29 is 19.1 Å². The Balaban J connectivity index is 1.68. The lowest BCUT2D eigenvalue weighted by Crippen LogP contribution is -2.21. The molecule has 26 heavy (non-hydrogen) atoms. The molecule has 0 atom stereocenters. The number of carbonyl (C=O) groups excluding carboxylic acids is 2. The summed E-state index contributed by atoms with van der Waals surface area (Å²) in [5.74, 6) is -0.601. The van der Waals surface area contributed by atoms with Crippen LogP contribution in [0.25, 0.3) is 10.8 Å². The number of carbonyl (C=O) groups is 2.